The summed E-state index contributed by atoms with van der Waals surface area (Å²) in [6.07, 6.45) is 1.40. The largest absolute Gasteiger partial charge is 0.441 e. The second-order valence-corrected chi connectivity index (χ2v) is 5.73. The van der Waals surface area contributed by atoms with E-state index in [4.69, 9.17) is 4.42 Å². The molecule has 0 radical (unpaired) electrons. The number of halogens is 1. The number of hydrogen-bond acceptors (Lipinski definition) is 3. The number of carbonyl (C=O) groups is 1. The van der Waals surface area contributed by atoms with E-state index in [9.17, 15) is 9.18 Å². The van der Waals surface area contributed by atoms with Crippen LogP contribution in [0.1, 0.15) is 23.4 Å². The Kier molecular flexibility index (Phi) is 4.89. The van der Waals surface area contributed by atoms with Gasteiger partial charge in [0.05, 0.1) is 0 Å². The van der Waals surface area contributed by atoms with E-state index in [0.717, 1.165) is 16.7 Å². The van der Waals surface area contributed by atoms with Gasteiger partial charge in [0.25, 0.3) is 0 Å². The van der Waals surface area contributed by atoms with Gasteiger partial charge < -0.3 is 9.73 Å². The minimum atomic E-state index is -0.262. The van der Waals surface area contributed by atoms with Crippen molar-refractivity contribution in [2.75, 3.05) is 6.54 Å². The van der Waals surface area contributed by atoms with Crippen molar-refractivity contribution in [3.05, 3.63) is 65.3 Å². The molecule has 3 rings (SSSR count). The molecule has 0 aliphatic rings. The third kappa shape index (κ3) is 3.98. The van der Waals surface area contributed by atoms with Crippen molar-refractivity contribution >= 4 is 17.0 Å². The fourth-order valence-electron chi connectivity index (χ4n) is 2.63. The van der Waals surface area contributed by atoms with E-state index in [2.05, 4.69) is 10.3 Å². The molecule has 1 N–H and O–H groups in total. The summed E-state index contributed by atoms with van der Waals surface area (Å²) in [6.45, 7) is 2.36. The summed E-state index contributed by atoms with van der Waals surface area (Å²) in [5.74, 6) is 0.307. The maximum Gasteiger partial charge on any atom is 0.220 e. The van der Waals surface area contributed by atoms with Gasteiger partial charge in [0, 0.05) is 19.9 Å². The molecule has 3 aromatic rings. The fourth-order valence-corrected chi connectivity index (χ4v) is 2.63. The Morgan fingerprint density at radius 1 is 1.21 bits per heavy atom. The highest BCUT2D eigenvalue weighted by Crippen LogP contribution is 2.17. The molecular formula is C19H19FN2O2. The van der Waals surface area contributed by atoms with Crippen molar-refractivity contribution in [1.82, 2.24) is 10.3 Å². The summed E-state index contributed by atoms with van der Waals surface area (Å²) in [5.41, 5.74) is 3.26. The smallest absolute Gasteiger partial charge is 0.220 e. The van der Waals surface area contributed by atoms with E-state index < -0.39 is 0 Å². The standard InChI is InChI=1S/C19H19FN2O2/c1-13-22-17-12-14(6-8-18(17)24-13)10-11-21-19(23)9-7-15-4-2-3-5-16(15)20/h2-6,8,12H,7,9-11H2,1H3,(H,21,23). The normalized spacial score (nSPS) is 10.9. The second-order valence-electron chi connectivity index (χ2n) is 5.73. The van der Waals surface area contributed by atoms with Crippen LogP contribution in [0.2, 0.25) is 0 Å². The monoisotopic (exact) mass is 326 g/mol. The topological polar surface area (TPSA) is 55.1 Å². The van der Waals surface area contributed by atoms with Crippen LogP contribution in [0.3, 0.4) is 0 Å². The lowest BCUT2D eigenvalue weighted by molar-refractivity contribution is -0.121. The van der Waals surface area contributed by atoms with Crippen LogP contribution in [0.15, 0.2) is 46.9 Å². The number of hydrogen-bond donors (Lipinski definition) is 1. The van der Waals surface area contributed by atoms with Crippen molar-refractivity contribution < 1.29 is 13.6 Å². The summed E-state index contributed by atoms with van der Waals surface area (Å²) < 4.78 is 18.9. The molecule has 5 heteroatoms. The van der Waals surface area contributed by atoms with Crippen LogP contribution < -0.4 is 5.32 Å². The third-order valence-corrected chi connectivity index (χ3v) is 3.87. The highest BCUT2D eigenvalue weighted by Gasteiger charge is 2.06. The number of fused-ring (bicyclic) bond motifs is 1. The van der Waals surface area contributed by atoms with Crippen LogP contribution in [-0.4, -0.2) is 17.4 Å². The van der Waals surface area contributed by atoms with Crippen molar-refractivity contribution in [2.24, 2.45) is 0 Å². The van der Waals surface area contributed by atoms with Gasteiger partial charge in [-0.2, -0.15) is 0 Å². The molecular weight excluding hydrogens is 307 g/mol. The summed E-state index contributed by atoms with van der Waals surface area (Å²) in [6, 6.07) is 12.4. The van der Waals surface area contributed by atoms with E-state index in [1.807, 2.05) is 25.1 Å². The molecule has 0 saturated carbocycles. The minimum absolute atomic E-state index is 0.0726. The molecule has 124 valence electrons. The maximum atomic E-state index is 13.5. The van der Waals surface area contributed by atoms with Gasteiger partial charge in [-0.25, -0.2) is 9.37 Å². The van der Waals surface area contributed by atoms with Gasteiger partial charge in [0.2, 0.25) is 5.91 Å². The Balaban J connectivity index is 1.46. The van der Waals surface area contributed by atoms with Gasteiger partial charge >= 0.3 is 0 Å². The Hall–Kier alpha value is -2.69. The summed E-state index contributed by atoms with van der Waals surface area (Å²) in [5, 5.41) is 2.87. The molecule has 0 bridgehead atoms. The highest BCUT2D eigenvalue weighted by atomic mass is 19.1. The number of benzene rings is 2. The Morgan fingerprint density at radius 2 is 2.04 bits per heavy atom. The van der Waals surface area contributed by atoms with Gasteiger partial charge in [0.15, 0.2) is 11.5 Å². The lowest BCUT2D eigenvalue weighted by Crippen LogP contribution is -2.25. The van der Waals surface area contributed by atoms with Crippen LogP contribution in [0, 0.1) is 12.7 Å². The van der Waals surface area contributed by atoms with Gasteiger partial charge in [-0.05, 0) is 42.2 Å². The van der Waals surface area contributed by atoms with Gasteiger partial charge in [-0.3, -0.25) is 4.79 Å². The lowest BCUT2D eigenvalue weighted by atomic mass is 10.1. The lowest BCUT2D eigenvalue weighted by Gasteiger charge is -2.06. The van der Waals surface area contributed by atoms with E-state index in [1.54, 1.807) is 18.2 Å². The predicted octanol–water partition coefficient (Wildman–Crippen LogP) is 3.57. The minimum Gasteiger partial charge on any atom is -0.441 e. The Morgan fingerprint density at radius 3 is 2.88 bits per heavy atom. The molecule has 0 spiro atoms. The summed E-state index contributed by atoms with van der Waals surface area (Å²) in [7, 11) is 0. The molecule has 0 aliphatic carbocycles. The fraction of sp³-hybridized carbons (Fsp3) is 0.263. The number of carbonyl (C=O) groups excluding carboxylic acids is 1. The van der Waals surface area contributed by atoms with Crippen LogP contribution >= 0.6 is 0 Å². The quantitative estimate of drug-likeness (QED) is 0.753. The van der Waals surface area contributed by atoms with E-state index >= 15 is 0 Å². The molecule has 0 fully saturated rings. The first-order chi connectivity index (χ1) is 11.6. The first-order valence-corrected chi connectivity index (χ1v) is 7.98. The number of aromatic nitrogens is 1. The van der Waals surface area contributed by atoms with Crippen molar-refractivity contribution in [3.8, 4) is 0 Å². The van der Waals surface area contributed by atoms with Crippen LogP contribution in [0.25, 0.3) is 11.1 Å². The first-order valence-electron chi connectivity index (χ1n) is 7.98. The molecule has 0 saturated heterocycles. The zero-order valence-electron chi connectivity index (χ0n) is 13.5. The zero-order valence-corrected chi connectivity index (χ0v) is 13.5. The second kappa shape index (κ2) is 7.25. The SMILES string of the molecule is Cc1nc2cc(CCNC(=O)CCc3ccccc3F)ccc2o1. The molecule has 24 heavy (non-hydrogen) atoms. The van der Waals surface area contributed by atoms with Crippen LogP contribution in [0.4, 0.5) is 4.39 Å². The van der Waals surface area contributed by atoms with Crippen molar-refractivity contribution in [1.29, 1.82) is 0 Å². The molecule has 0 aliphatic heterocycles. The number of oxazole rings is 1. The average Bonchev–Trinajstić information content (AvgIpc) is 2.93. The molecule has 1 amide bonds. The van der Waals surface area contributed by atoms with Crippen molar-refractivity contribution in [2.45, 2.75) is 26.2 Å². The highest BCUT2D eigenvalue weighted by molar-refractivity contribution is 5.76. The van der Waals surface area contributed by atoms with E-state index in [1.165, 1.54) is 6.07 Å². The number of aryl methyl sites for hydroxylation is 2. The molecule has 1 aromatic heterocycles. The summed E-state index contributed by atoms with van der Waals surface area (Å²) in [4.78, 5) is 16.2. The van der Waals surface area contributed by atoms with Gasteiger partial charge in [-0.1, -0.05) is 24.3 Å². The first kappa shape index (κ1) is 16.2. The van der Waals surface area contributed by atoms with Crippen LogP contribution in [-0.2, 0) is 17.6 Å². The van der Waals surface area contributed by atoms with E-state index in [-0.39, 0.29) is 18.1 Å². The number of nitrogens with zero attached hydrogens (tertiary/aromatic N) is 1. The Bertz CT molecular complexity index is 857. The molecule has 1 heterocycles. The third-order valence-electron chi connectivity index (χ3n) is 3.87. The number of rotatable bonds is 6. The number of amides is 1. The van der Waals surface area contributed by atoms with Crippen LogP contribution in [0.5, 0.6) is 0 Å². The number of nitrogens with one attached hydrogen (secondary N) is 1. The average molecular weight is 326 g/mol. The zero-order chi connectivity index (χ0) is 16.9. The maximum absolute atomic E-state index is 13.5. The Labute approximate surface area is 139 Å². The molecule has 0 unspecified atom stereocenters. The van der Waals surface area contributed by atoms with Gasteiger partial charge in [0.1, 0.15) is 11.3 Å². The molecule has 4 nitrogen and oxygen atoms in total. The predicted molar refractivity (Wildman–Crippen MR) is 90.2 cm³/mol. The molecule has 0 atom stereocenters. The molecule has 2 aromatic carbocycles. The van der Waals surface area contributed by atoms with E-state index in [0.29, 0.717) is 30.8 Å². The summed E-state index contributed by atoms with van der Waals surface area (Å²) >= 11 is 0. The van der Waals surface area contributed by atoms with Crippen molar-refractivity contribution in [3.63, 3.8) is 0 Å². The van der Waals surface area contributed by atoms with Gasteiger partial charge in [-0.15, -0.1) is 0 Å².